The second-order valence-corrected chi connectivity index (χ2v) is 7.89. The van der Waals surface area contributed by atoms with Crippen molar-refractivity contribution in [3.63, 3.8) is 0 Å². The highest BCUT2D eigenvalue weighted by Crippen LogP contribution is 2.47. The Hall–Kier alpha value is -2.63. The average molecular weight is 417 g/mol. The van der Waals surface area contributed by atoms with E-state index in [1.54, 1.807) is 12.1 Å². The standard InChI is InChI=1S/C17H10BrFN4OS/c18-12-6-5-11(25-12)13-10(7-20)16(21)24-17-14(13)15(22-23-17)8-1-3-9(19)4-2-8/h1-6,13H,21H2,(H,22,23). The number of aromatic nitrogens is 2. The summed E-state index contributed by atoms with van der Waals surface area (Å²) in [5, 5.41) is 16.7. The Bertz CT molecular complexity index is 1030. The van der Waals surface area contributed by atoms with Gasteiger partial charge in [0.15, 0.2) is 0 Å². The Morgan fingerprint density at radius 2 is 2.04 bits per heavy atom. The summed E-state index contributed by atoms with van der Waals surface area (Å²) in [6.07, 6.45) is 0. The molecular weight excluding hydrogens is 407 g/mol. The Morgan fingerprint density at radius 1 is 1.28 bits per heavy atom. The van der Waals surface area contributed by atoms with E-state index in [0.717, 1.165) is 14.2 Å². The molecule has 0 saturated carbocycles. The molecule has 0 aliphatic carbocycles. The zero-order valence-corrected chi connectivity index (χ0v) is 15.0. The number of allylic oxidation sites excluding steroid dienone is 1. The number of rotatable bonds is 2. The van der Waals surface area contributed by atoms with Gasteiger partial charge in [-0.2, -0.15) is 5.26 Å². The molecule has 3 N–H and O–H groups in total. The first-order chi connectivity index (χ1) is 12.1. The molecule has 0 amide bonds. The second kappa shape index (κ2) is 6.02. The van der Waals surface area contributed by atoms with Crippen LogP contribution in [0.2, 0.25) is 0 Å². The van der Waals surface area contributed by atoms with Gasteiger partial charge in [-0.15, -0.1) is 16.4 Å². The van der Waals surface area contributed by atoms with Gasteiger partial charge in [0.25, 0.3) is 0 Å². The van der Waals surface area contributed by atoms with Crippen molar-refractivity contribution in [2.75, 3.05) is 0 Å². The minimum atomic E-state index is -0.399. The summed E-state index contributed by atoms with van der Waals surface area (Å²) in [6.45, 7) is 0. The Labute approximate surface area is 154 Å². The topological polar surface area (TPSA) is 87.7 Å². The highest BCUT2D eigenvalue weighted by atomic mass is 79.9. The number of hydrogen-bond donors (Lipinski definition) is 2. The van der Waals surface area contributed by atoms with E-state index >= 15 is 0 Å². The van der Waals surface area contributed by atoms with Crippen LogP contribution in [0.25, 0.3) is 11.3 Å². The summed E-state index contributed by atoms with van der Waals surface area (Å²) in [4.78, 5) is 0.931. The van der Waals surface area contributed by atoms with Gasteiger partial charge in [-0.1, -0.05) is 0 Å². The van der Waals surface area contributed by atoms with E-state index in [9.17, 15) is 9.65 Å². The van der Waals surface area contributed by atoms with Crippen LogP contribution >= 0.6 is 27.3 Å². The third-order valence-electron chi connectivity index (χ3n) is 3.95. The van der Waals surface area contributed by atoms with Gasteiger partial charge in [0.1, 0.15) is 17.5 Å². The first-order valence-corrected chi connectivity index (χ1v) is 8.86. The van der Waals surface area contributed by atoms with Crippen molar-refractivity contribution < 1.29 is 9.13 Å². The molecule has 25 heavy (non-hydrogen) atoms. The van der Waals surface area contributed by atoms with Crippen molar-refractivity contribution in [3.05, 3.63) is 67.9 Å². The number of nitriles is 1. The van der Waals surface area contributed by atoms with Gasteiger partial charge in [0.05, 0.1) is 21.0 Å². The molecular formula is C17H10BrFN4OS. The Morgan fingerprint density at radius 3 is 2.68 bits per heavy atom. The highest BCUT2D eigenvalue weighted by molar-refractivity contribution is 9.11. The van der Waals surface area contributed by atoms with Crippen LogP contribution in [0, 0.1) is 17.1 Å². The fourth-order valence-electron chi connectivity index (χ4n) is 2.85. The number of thiophene rings is 1. The number of fused-ring (bicyclic) bond motifs is 1. The van der Waals surface area contributed by atoms with E-state index in [0.29, 0.717) is 22.7 Å². The number of hydrogen-bond acceptors (Lipinski definition) is 5. The molecule has 1 aliphatic heterocycles. The van der Waals surface area contributed by atoms with Crippen LogP contribution in [0.1, 0.15) is 16.4 Å². The van der Waals surface area contributed by atoms with Crippen LogP contribution in [0.4, 0.5) is 4.39 Å². The first-order valence-electron chi connectivity index (χ1n) is 7.25. The zero-order valence-electron chi connectivity index (χ0n) is 12.6. The minimum Gasteiger partial charge on any atom is -0.420 e. The summed E-state index contributed by atoms with van der Waals surface area (Å²) >= 11 is 4.96. The number of nitrogens with one attached hydrogen (secondary N) is 1. The molecule has 1 aromatic carbocycles. The fraction of sp³-hybridized carbons (Fsp3) is 0.0588. The van der Waals surface area contributed by atoms with Crippen molar-refractivity contribution in [3.8, 4) is 23.2 Å². The van der Waals surface area contributed by atoms with Crippen molar-refractivity contribution in [2.24, 2.45) is 5.73 Å². The molecule has 1 atom stereocenters. The lowest BCUT2D eigenvalue weighted by molar-refractivity contribution is 0.379. The maximum absolute atomic E-state index is 13.3. The van der Waals surface area contributed by atoms with Crippen molar-refractivity contribution in [1.82, 2.24) is 10.2 Å². The van der Waals surface area contributed by atoms with Crippen LogP contribution in [-0.2, 0) is 0 Å². The van der Waals surface area contributed by atoms with E-state index in [1.165, 1.54) is 23.5 Å². The normalized spacial score (nSPS) is 16.3. The van der Waals surface area contributed by atoms with Gasteiger partial charge >= 0.3 is 0 Å². The van der Waals surface area contributed by atoms with Gasteiger partial charge < -0.3 is 10.5 Å². The summed E-state index contributed by atoms with van der Waals surface area (Å²) in [7, 11) is 0. The predicted molar refractivity (Wildman–Crippen MR) is 95.3 cm³/mol. The monoisotopic (exact) mass is 416 g/mol. The van der Waals surface area contributed by atoms with E-state index in [2.05, 4.69) is 32.2 Å². The lowest BCUT2D eigenvalue weighted by atomic mass is 9.87. The van der Waals surface area contributed by atoms with Crippen LogP contribution < -0.4 is 10.5 Å². The third kappa shape index (κ3) is 2.62. The number of benzene rings is 1. The number of H-pyrrole nitrogens is 1. The number of ether oxygens (including phenoxy) is 1. The zero-order chi connectivity index (χ0) is 17.6. The maximum atomic E-state index is 13.3. The Kier molecular flexibility index (Phi) is 3.82. The molecule has 124 valence electrons. The molecule has 3 aromatic rings. The SMILES string of the molecule is N#CC1=C(N)Oc2n[nH]c(-c3ccc(F)cc3)c2C1c1ccc(Br)s1. The Balaban J connectivity index is 1.94. The first kappa shape index (κ1) is 15.9. The van der Waals surface area contributed by atoms with E-state index in [1.807, 2.05) is 12.1 Å². The quantitative estimate of drug-likeness (QED) is 0.653. The molecule has 8 heteroatoms. The summed E-state index contributed by atoms with van der Waals surface area (Å²) in [6, 6.07) is 12.0. The summed E-state index contributed by atoms with van der Waals surface area (Å²) < 4.78 is 19.7. The molecule has 4 rings (SSSR count). The van der Waals surface area contributed by atoms with Crippen LogP contribution in [0.3, 0.4) is 0 Å². The number of halogens is 2. The third-order valence-corrected chi connectivity index (χ3v) is 5.64. The molecule has 1 unspecified atom stereocenters. The van der Waals surface area contributed by atoms with E-state index in [-0.39, 0.29) is 11.7 Å². The van der Waals surface area contributed by atoms with Gasteiger partial charge in [0.2, 0.25) is 11.8 Å². The molecule has 1 aliphatic rings. The minimum absolute atomic E-state index is 0.0432. The summed E-state index contributed by atoms with van der Waals surface area (Å²) in [5.74, 6) is -0.357. The van der Waals surface area contributed by atoms with Crippen LogP contribution in [0.5, 0.6) is 5.88 Å². The van der Waals surface area contributed by atoms with Crippen LogP contribution in [-0.4, -0.2) is 10.2 Å². The van der Waals surface area contributed by atoms with Gasteiger partial charge in [-0.3, -0.25) is 5.10 Å². The van der Waals surface area contributed by atoms with Crippen molar-refractivity contribution in [2.45, 2.75) is 5.92 Å². The van der Waals surface area contributed by atoms with E-state index in [4.69, 9.17) is 10.5 Å². The predicted octanol–water partition coefficient (Wildman–Crippen LogP) is 4.26. The van der Waals surface area contributed by atoms with Gasteiger partial charge in [-0.25, -0.2) is 4.39 Å². The fourth-order valence-corrected chi connectivity index (χ4v) is 4.39. The summed E-state index contributed by atoms with van der Waals surface area (Å²) in [5.41, 5.74) is 8.39. The average Bonchev–Trinajstić information content (AvgIpc) is 3.20. The van der Waals surface area contributed by atoms with Crippen molar-refractivity contribution in [1.29, 1.82) is 5.26 Å². The number of aromatic amines is 1. The molecule has 2 aromatic heterocycles. The number of nitrogens with zero attached hydrogens (tertiary/aromatic N) is 2. The maximum Gasteiger partial charge on any atom is 0.244 e. The molecule has 5 nitrogen and oxygen atoms in total. The second-order valence-electron chi connectivity index (χ2n) is 5.39. The molecule has 0 radical (unpaired) electrons. The smallest absolute Gasteiger partial charge is 0.244 e. The lowest BCUT2D eigenvalue weighted by Crippen LogP contribution is -2.20. The van der Waals surface area contributed by atoms with E-state index < -0.39 is 5.92 Å². The molecule has 0 spiro atoms. The lowest BCUT2D eigenvalue weighted by Gasteiger charge is -2.22. The van der Waals surface area contributed by atoms with Crippen LogP contribution in [0.15, 0.2) is 51.6 Å². The highest BCUT2D eigenvalue weighted by Gasteiger charge is 2.36. The van der Waals surface area contributed by atoms with Gasteiger partial charge in [0, 0.05) is 10.4 Å². The largest absolute Gasteiger partial charge is 0.420 e. The van der Waals surface area contributed by atoms with Gasteiger partial charge in [-0.05, 0) is 52.3 Å². The molecule has 0 saturated heterocycles. The van der Waals surface area contributed by atoms with Crippen molar-refractivity contribution >= 4 is 27.3 Å². The number of nitrogens with two attached hydrogens (primary N) is 1. The molecule has 0 bridgehead atoms. The molecule has 0 fully saturated rings. The molecule has 3 heterocycles.